The Hall–Kier alpha value is -2.85. The van der Waals surface area contributed by atoms with Crippen molar-refractivity contribution in [1.82, 2.24) is 20.4 Å². The molecule has 2 heterocycles. The summed E-state index contributed by atoms with van der Waals surface area (Å²) in [5.41, 5.74) is 0.250. The number of carbonyl (C=O) groups excluding carboxylic acids is 3. The summed E-state index contributed by atoms with van der Waals surface area (Å²) in [5.74, 6) is 0.875. The maximum absolute atomic E-state index is 12.8. The van der Waals surface area contributed by atoms with E-state index in [1.54, 1.807) is 14.2 Å². The first-order valence-corrected chi connectivity index (χ1v) is 11.9. The minimum atomic E-state index is -0.748. The number of hydrogen-bond donors (Lipinski definition) is 2. The Morgan fingerprint density at radius 2 is 1.85 bits per heavy atom. The minimum Gasteiger partial charge on any atom is -0.493 e. The Bertz CT molecular complexity index is 911. The van der Waals surface area contributed by atoms with Crippen molar-refractivity contribution < 1.29 is 28.6 Å². The molecular weight excluding hydrogens is 440 g/mol. The van der Waals surface area contributed by atoms with E-state index in [0.717, 1.165) is 31.5 Å². The third-order valence-corrected chi connectivity index (χ3v) is 7.04. The fourth-order valence-corrected chi connectivity index (χ4v) is 5.12. The van der Waals surface area contributed by atoms with Crippen LogP contribution in [0.25, 0.3) is 0 Å². The first kappa shape index (κ1) is 24.3. The average Bonchev–Trinajstić information content (AvgIpc) is 3.42. The number of nitrogens with one attached hydrogen (secondary N) is 2. The highest BCUT2D eigenvalue weighted by Gasteiger charge is 2.52. The van der Waals surface area contributed by atoms with Crippen LogP contribution >= 0.6 is 0 Å². The highest BCUT2D eigenvalue weighted by atomic mass is 16.5. The Balaban J connectivity index is 1.38. The predicted molar refractivity (Wildman–Crippen MR) is 124 cm³/mol. The number of hydrogen-bond acceptors (Lipinski definition) is 7. The van der Waals surface area contributed by atoms with E-state index in [1.165, 1.54) is 4.90 Å². The maximum Gasteiger partial charge on any atom is 0.325 e. The average molecular weight is 475 g/mol. The van der Waals surface area contributed by atoms with Gasteiger partial charge in [-0.1, -0.05) is 18.9 Å². The van der Waals surface area contributed by atoms with Crippen LogP contribution in [0.5, 0.6) is 11.5 Å². The largest absolute Gasteiger partial charge is 0.493 e. The third-order valence-electron chi connectivity index (χ3n) is 7.04. The van der Waals surface area contributed by atoms with Gasteiger partial charge in [0.15, 0.2) is 11.5 Å². The van der Waals surface area contributed by atoms with Crippen LogP contribution in [-0.2, 0) is 14.3 Å². The molecule has 3 fully saturated rings. The molecule has 0 bridgehead atoms. The van der Waals surface area contributed by atoms with Crippen LogP contribution in [0.2, 0.25) is 0 Å². The number of carbonyl (C=O) groups is 3. The predicted octanol–water partition coefficient (Wildman–Crippen LogP) is 1.45. The topological polar surface area (TPSA) is 109 Å². The van der Waals surface area contributed by atoms with E-state index in [9.17, 15) is 14.4 Å². The lowest BCUT2D eigenvalue weighted by molar-refractivity contribution is -0.131. The van der Waals surface area contributed by atoms with Crippen LogP contribution in [0.15, 0.2) is 18.2 Å². The number of morpholine rings is 1. The van der Waals surface area contributed by atoms with Gasteiger partial charge in [0.05, 0.1) is 33.5 Å². The van der Waals surface area contributed by atoms with Gasteiger partial charge in [0, 0.05) is 32.6 Å². The standard InChI is InChI=1S/C24H34N4O6/c1-32-19-6-5-17(15-20(19)33-2)18(27-11-13-34-14-12-27)16-25-21(29)7-10-28-22(30)24(26-23(28)31)8-3-4-9-24/h5-6,15,18H,3-4,7-14,16H2,1-2H3,(H,25,29)(H,26,31)/t18-/m1/s1. The van der Waals surface area contributed by atoms with Crippen molar-refractivity contribution in [2.75, 3.05) is 53.6 Å². The molecule has 1 spiro atoms. The van der Waals surface area contributed by atoms with Crippen LogP contribution < -0.4 is 20.1 Å². The van der Waals surface area contributed by atoms with E-state index in [4.69, 9.17) is 14.2 Å². The molecule has 1 atom stereocenters. The van der Waals surface area contributed by atoms with Gasteiger partial charge >= 0.3 is 6.03 Å². The van der Waals surface area contributed by atoms with E-state index >= 15 is 0 Å². The van der Waals surface area contributed by atoms with E-state index in [1.807, 2.05) is 18.2 Å². The summed E-state index contributed by atoms with van der Waals surface area (Å²) in [6.45, 7) is 3.23. The molecule has 186 valence electrons. The first-order chi connectivity index (χ1) is 16.5. The molecule has 2 aliphatic heterocycles. The van der Waals surface area contributed by atoms with Gasteiger partial charge in [0.2, 0.25) is 5.91 Å². The molecule has 0 unspecified atom stereocenters. The van der Waals surface area contributed by atoms with Crippen LogP contribution in [0.3, 0.4) is 0 Å². The minimum absolute atomic E-state index is 0.0665. The maximum atomic E-state index is 12.8. The zero-order chi connectivity index (χ0) is 24.1. The van der Waals surface area contributed by atoms with Crippen LogP contribution in [0.1, 0.15) is 43.7 Å². The summed E-state index contributed by atoms with van der Waals surface area (Å²) < 4.78 is 16.3. The SMILES string of the molecule is COc1ccc([C@@H](CNC(=O)CCN2C(=O)NC3(CCCC3)C2=O)N2CCOCC2)cc1OC. The highest BCUT2D eigenvalue weighted by Crippen LogP contribution is 2.35. The summed E-state index contributed by atoms with van der Waals surface area (Å²) in [6, 6.07) is 5.30. The lowest BCUT2D eigenvalue weighted by Crippen LogP contribution is -2.45. The molecule has 1 saturated carbocycles. The van der Waals surface area contributed by atoms with Crippen molar-refractivity contribution in [3.8, 4) is 11.5 Å². The van der Waals surface area contributed by atoms with Crippen molar-refractivity contribution in [3.05, 3.63) is 23.8 Å². The fraction of sp³-hybridized carbons (Fsp3) is 0.625. The van der Waals surface area contributed by atoms with Crippen LogP contribution in [0.4, 0.5) is 4.79 Å². The number of benzene rings is 1. The smallest absolute Gasteiger partial charge is 0.325 e. The van der Waals surface area contributed by atoms with Gasteiger partial charge in [-0.2, -0.15) is 0 Å². The number of methoxy groups -OCH3 is 2. The van der Waals surface area contributed by atoms with Crippen molar-refractivity contribution in [2.24, 2.45) is 0 Å². The molecule has 10 nitrogen and oxygen atoms in total. The van der Waals surface area contributed by atoms with E-state index in [0.29, 0.717) is 44.1 Å². The molecule has 34 heavy (non-hydrogen) atoms. The molecule has 1 aromatic rings. The fourth-order valence-electron chi connectivity index (χ4n) is 5.12. The number of amides is 4. The number of nitrogens with zero attached hydrogens (tertiary/aromatic N) is 2. The molecular formula is C24H34N4O6. The van der Waals surface area contributed by atoms with Gasteiger partial charge < -0.3 is 24.8 Å². The second-order valence-corrected chi connectivity index (χ2v) is 9.01. The summed E-state index contributed by atoms with van der Waals surface area (Å²) in [4.78, 5) is 41.3. The molecule has 1 aromatic carbocycles. The summed E-state index contributed by atoms with van der Waals surface area (Å²) in [7, 11) is 3.19. The number of ether oxygens (including phenoxy) is 3. The van der Waals surface area contributed by atoms with Crippen molar-refractivity contribution in [3.63, 3.8) is 0 Å². The molecule has 0 radical (unpaired) electrons. The molecule has 4 rings (SSSR count). The second kappa shape index (κ2) is 10.6. The number of urea groups is 1. The second-order valence-electron chi connectivity index (χ2n) is 9.01. The summed E-state index contributed by atoms with van der Waals surface area (Å²) in [5, 5.41) is 5.85. The van der Waals surface area contributed by atoms with Gasteiger partial charge in [-0.15, -0.1) is 0 Å². The monoisotopic (exact) mass is 474 g/mol. The van der Waals surface area contributed by atoms with E-state index < -0.39 is 11.6 Å². The molecule has 1 aliphatic carbocycles. The summed E-state index contributed by atoms with van der Waals surface area (Å²) >= 11 is 0. The quantitative estimate of drug-likeness (QED) is 0.522. The van der Waals surface area contributed by atoms with Gasteiger partial charge in [0.25, 0.3) is 5.91 Å². The van der Waals surface area contributed by atoms with Gasteiger partial charge in [-0.05, 0) is 30.5 Å². The normalized spacial score (nSPS) is 20.9. The highest BCUT2D eigenvalue weighted by molar-refractivity contribution is 6.07. The molecule has 10 heteroatoms. The zero-order valence-electron chi connectivity index (χ0n) is 19.9. The van der Waals surface area contributed by atoms with E-state index in [2.05, 4.69) is 15.5 Å². The van der Waals surface area contributed by atoms with E-state index in [-0.39, 0.29) is 30.8 Å². The Morgan fingerprint density at radius 3 is 2.53 bits per heavy atom. The number of rotatable bonds is 9. The Labute approximate surface area is 199 Å². The third kappa shape index (κ3) is 4.97. The van der Waals surface area contributed by atoms with Crippen molar-refractivity contribution >= 4 is 17.8 Å². The lowest BCUT2D eigenvalue weighted by atomic mass is 9.98. The summed E-state index contributed by atoms with van der Waals surface area (Å²) in [6.07, 6.45) is 3.27. The lowest BCUT2D eigenvalue weighted by Gasteiger charge is -2.35. The van der Waals surface area contributed by atoms with Crippen molar-refractivity contribution in [2.45, 2.75) is 43.7 Å². The molecule has 2 saturated heterocycles. The van der Waals surface area contributed by atoms with Crippen LogP contribution in [-0.4, -0.2) is 86.8 Å². The number of imide groups is 1. The molecule has 3 aliphatic rings. The molecule has 4 amide bonds. The van der Waals surface area contributed by atoms with Crippen molar-refractivity contribution in [1.29, 1.82) is 0 Å². The zero-order valence-corrected chi connectivity index (χ0v) is 19.9. The van der Waals surface area contributed by atoms with Gasteiger partial charge in [-0.25, -0.2) is 4.79 Å². The van der Waals surface area contributed by atoms with Gasteiger partial charge in [0.1, 0.15) is 5.54 Å². The Morgan fingerprint density at radius 1 is 1.15 bits per heavy atom. The Kier molecular flexibility index (Phi) is 7.57. The molecule has 0 aromatic heterocycles. The van der Waals surface area contributed by atoms with Crippen LogP contribution in [0, 0.1) is 0 Å². The van der Waals surface area contributed by atoms with Gasteiger partial charge in [-0.3, -0.25) is 19.4 Å². The molecule has 2 N–H and O–H groups in total. The first-order valence-electron chi connectivity index (χ1n) is 11.9.